The quantitative estimate of drug-likeness (QED) is 0.729. The lowest BCUT2D eigenvalue weighted by atomic mass is 10.1. The summed E-state index contributed by atoms with van der Waals surface area (Å²) in [6.45, 7) is 5.20. The van der Waals surface area contributed by atoms with Gasteiger partial charge < -0.3 is 19.9 Å². The maximum Gasteiger partial charge on any atom is 0.223 e. The Bertz CT molecular complexity index is 517. The number of para-hydroxylation sites is 1. The van der Waals surface area contributed by atoms with Crippen molar-refractivity contribution in [2.45, 2.75) is 32.3 Å². The largest absolute Gasteiger partial charge is 0.496 e. The molecule has 1 aliphatic carbocycles. The number of aliphatic hydroxyl groups excluding tert-OH is 1. The van der Waals surface area contributed by atoms with Crippen LogP contribution in [0.5, 0.6) is 5.75 Å². The summed E-state index contributed by atoms with van der Waals surface area (Å²) in [5.41, 5.74) is 1.08. The second kappa shape index (κ2) is 8.31. The van der Waals surface area contributed by atoms with E-state index in [2.05, 4.69) is 19.2 Å². The van der Waals surface area contributed by atoms with E-state index in [0.717, 1.165) is 17.7 Å². The molecule has 1 aromatic rings. The van der Waals surface area contributed by atoms with Crippen molar-refractivity contribution in [2.75, 3.05) is 26.9 Å². The predicted octanol–water partition coefficient (Wildman–Crippen LogP) is 1.95. The van der Waals surface area contributed by atoms with E-state index in [4.69, 9.17) is 9.47 Å². The molecule has 128 valence electrons. The Morgan fingerprint density at radius 3 is 2.78 bits per heavy atom. The van der Waals surface area contributed by atoms with Gasteiger partial charge in [0, 0.05) is 19.1 Å². The topological polar surface area (TPSA) is 67.8 Å². The van der Waals surface area contributed by atoms with Gasteiger partial charge in [0.25, 0.3) is 0 Å². The van der Waals surface area contributed by atoms with Crippen LogP contribution in [-0.4, -0.2) is 44.0 Å². The molecule has 1 saturated carbocycles. The first-order valence-corrected chi connectivity index (χ1v) is 8.19. The maximum absolute atomic E-state index is 12.2. The van der Waals surface area contributed by atoms with E-state index in [1.165, 1.54) is 0 Å². The zero-order chi connectivity index (χ0) is 16.8. The highest BCUT2D eigenvalue weighted by atomic mass is 16.5. The minimum Gasteiger partial charge on any atom is -0.496 e. The molecule has 5 heteroatoms. The minimum atomic E-state index is -0.666. The fraction of sp³-hybridized carbons (Fsp3) is 0.611. The molecule has 1 aliphatic rings. The maximum atomic E-state index is 12.2. The molecule has 0 spiro atoms. The molecule has 1 amide bonds. The van der Waals surface area contributed by atoms with Crippen molar-refractivity contribution >= 4 is 5.91 Å². The van der Waals surface area contributed by atoms with Gasteiger partial charge in [-0.15, -0.1) is 0 Å². The molecule has 5 nitrogen and oxygen atoms in total. The highest BCUT2D eigenvalue weighted by Crippen LogP contribution is 2.50. The third-order valence-corrected chi connectivity index (χ3v) is 3.94. The van der Waals surface area contributed by atoms with Gasteiger partial charge in [0.05, 0.1) is 19.8 Å². The average molecular weight is 321 g/mol. The summed E-state index contributed by atoms with van der Waals surface area (Å²) in [6.07, 6.45) is 0.160. The first-order valence-electron chi connectivity index (χ1n) is 8.19. The van der Waals surface area contributed by atoms with Gasteiger partial charge >= 0.3 is 0 Å². The van der Waals surface area contributed by atoms with E-state index in [-0.39, 0.29) is 30.9 Å². The van der Waals surface area contributed by atoms with Crippen LogP contribution in [0.1, 0.15) is 31.7 Å². The molecular weight excluding hydrogens is 294 g/mol. The third kappa shape index (κ3) is 5.22. The number of methoxy groups -OCH3 is 1. The molecule has 23 heavy (non-hydrogen) atoms. The number of aliphatic hydroxyl groups is 1. The van der Waals surface area contributed by atoms with Crippen LogP contribution >= 0.6 is 0 Å². The fourth-order valence-corrected chi connectivity index (χ4v) is 2.65. The van der Waals surface area contributed by atoms with E-state index < -0.39 is 6.10 Å². The van der Waals surface area contributed by atoms with Gasteiger partial charge in [-0.05, 0) is 29.9 Å². The first-order chi connectivity index (χ1) is 11.0. The van der Waals surface area contributed by atoms with Gasteiger partial charge in [-0.2, -0.15) is 0 Å². The molecule has 1 aromatic carbocycles. The Balaban J connectivity index is 1.73. The number of hydrogen-bond donors (Lipinski definition) is 2. The van der Waals surface area contributed by atoms with Crippen LogP contribution in [0.2, 0.25) is 0 Å². The molecule has 2 N–H and O–H groups in total. The van der Waals surface area contributed by atoms with Crippen LogP contribution < -0.4 is 10.1 Å². The number of carbonyl (C=O) groups is 1. The summed E-state index contributed by atoms with van der Waals surface area (Å²) in [6, 6.07) is 7.80. The Hall–Kier alpha value is -1.59. The number of hydrogen-bond acceptors (Lipinski definition) is 4. The number of carbonyl (C=O) groups excluding carboxylic acids is 1. The molecule has 3 atom stereocenters. The lowest BCUT2D eigenvalue weighted by Crippen LogP contribution is -2.35. The molecule has 1 fully saturated rings. The van der Waals surface area contributed by atoms with Crippen molar-refractivity contribution < 1.29 is 19.4 Å². The molecule has 0 unspecified atom stereocenters. The Morgan fingerprint density at radius 2 is 2.09 bits per heavy atom. The van der Waals surface area contributed by atoms with Crippen molar-refractivity contribution in [1.29, 1.82) is 0 Å². The van der Waals surface area contributed by atoms with Crippen LogP contribution in [0, 0.1) is 11.8 Å². The Morgan fingerprint density at radius 1 is 1.35 bits per heavy atom. The smallest absolute Gasteiger partial charge is 0.223 e. The summed E-state index contributed by atoms with van der Waals surface area (Å²) in [4.78, 5) is 12.2. The zero-order valence-electron chi connectivity index (χ0n) is 14.1. The SMILES string of the molecule is COc1ccccc1[C@@H]1C[C@H]1C(=O)NC[C@H](O)COCC(C)C. The molecule has 0 radical (unpaired) electrons. The molecule has 0 heterocycles. The van der Waals surface area contributed by atoms with E-state index in [1.807, 2.05) is 24.3 Å². The molecule has 0 saturated heterocycles. The number of amides is 1. The number of rotatable bonds is 9. The monoisotopic (exact) mass is 321 g/mol. The highest BCUT2D eigenvalue weighted by Gasteiger charge is 2.45. The van der Waals surface area contributed by atoms with Gasteiger partial charge in [0.1, 0.15) is 5.75 Å². The summed E-state index contributed by atoms with van der Waals surface area (Å²) in [5.74, 6) is 1.43. The Kier molecular flexibility index (Phi) is 6.42. The van der Waals surface area contributed by atoms with Gasteiger partial charge in [-0.3, -0.25) is 4.79 Å². The van der Waals surface area contributed by atoms with Crippen molar-refractivity contribution in [1.82, 2.24) is 5.32 Å². The van der Waals surface area contributed by atoms with E-state index >= 15 is 0 Å². The minimum absolute atomic E-state index is 0.0104. The Labute approximate surface area is 138 Å². The molecular formula is C18H27NO4. The van der Waals surface area contributed by atoms with Gasteiger partial charge in [-0.1, -0.05) is 32.0 Å². The average Bonchev–Trinajstić information content (AvgIpc) is 3.32. The van der Waals surface area contributed by atoms with Crippen LogP contribution in [0.15, 0.2) is 24.3 Å². The lowest BCUT2D eigenvalue weighted by molar-refractivity contribution is -0.123. The number of ether oxygens (including phenoxy) is 2. The number of nitrogens with one attached hydrogen (secondary N) is 1. The summed E-state index contributed by atoms with van der Waals surface area (Å²) >= 11 is 0. The summed E-state index contributed by atoms with van der Waals surface area (Å²) in [7, 11) is 1.64. The van der Waals surface area contributed by atoms with Crippen molar-refractivity contribution in [3.63, 3.8) is 0 Å². The van der Waals surface area contributed by atoms with Crippen LogP contribution in [0.25, 0.3) is 0 Å². The fourth-order valence-electron chi connectivity index (χ4n) is 2.65. The van der Waals surface area contributed by atoms with Gasteiger partial charge in [-0.25, -0.2) is 0 Å². The second-order valence-corrected chi connectivity index (χ2v) is 6.52. The third-order valence-electron chi connectivity index (χ3n) is 3.94. The van der Waals surface area contributed by atoms with Gasteiger partial charge in [0.2, 0.25) is 5.91 Å². The zero-order valence-corrected chi connectivity index (χ0v) is 14.1. The molecule has 0 aliphatic heterocycles. The molecule has 2 rings (SSSR count). The van der Waals surface area contributed by atoms with Gasteiger partial charge in [0.15, 0.2) is 0 Å². The van der Waals surface area contributed by atoms with Crippen molar-refractivity contribution in [3.8, 4) is 5.75 Å². The summed E-state index contributed by atoms with van der Waals surface area (Å²) < 4.78 is 10.7. The summed E-state index contributed by atoms with van der Waals surface area (Å²) in [5, 5.41) is 12.6. The van der Waals surface area contributed by atoms with E-state index in [9.17, 15) is 9.90 Å². The normalized spacial score (nSPS) is 21.1. The van der Waals surface area contributed by atoms with E-state index in [0.29, 0.717) is 12.5 Å². The van der Waals surface area contributed by atoms with Crippen molar-refractivity contribution in [3.05, 3.63) is 29.8 Å². The van der Waals surface area contributed by atoms with Crippen LogP contribution in [-0.2, 0) is 9.53 Å². The molecule has 0 bridgehead atoms. The first kappa shape index (κ1) is 17.8. The standard InChI is InChI=1S/C18H27NO4/c1-12(2)10-23-11-13(20)9-19-18(21)16-8-15(16)14-6-4-5-7-17(14)22-3/h4-7,12-13,15-16,20H,8-11H2,1-3H3,(H,19,21)/t13-,15-,16+/m0/s1. The second-order valence-electron chi connectivity index (χ2n) is 6.52. The van der Waals surface area contributed by atoms with E-state index in [1.54, 1.807) is 7.11 Å². The van der Waals surface area contributed by atoms with Crippen LogP contribution in [0.4, 0.5) is 0 Å². The molecule has 0 aromatic heterocycles. The lowest BCUT2D eigenvalue weighted by Gasteiger charge is -2.13. The van der Waals surface area contributed by atoms with Crippen LogP contribution in [0.3, 0.4) is 0 Å². The number of benzene rings is 1. The van der Waals surface area contributed by atoms with Crippen molar-refractivity contribution in [2.24, 2.45) is 11.8 Å². The predicted molar refractivity (Wildman–Crippen MR) is 88.5 cm³/mol. The highest BCUT2D eigenvalue weighted by molar-refractivity contribution is 5.83.